The highest BCUT2D eigenvalue weighted by Crippen LogP contribution is 2.20. The van der Waals surface area contributed by atoms with Crippen molar-refractivity contribution in [2.24, 2.45) is 5.92 Å². The standard InChI is InChI=1S/C9H19NO4/c1-4(6-3-10-6)7(12)9(14)8(13)5(2)11/h4-14H,3H2,1-2H3. The Hall–Kier alpha value is -0.200. The second-order valence-corrected chi connectivity index (χ2v) is 4.09. The Balaban J connectivity index is 2.45. The molecule has 1 heterocycles. The van der Waals surface area contributed by atoms with E-state index < -0.39 is 24.4 Å². The van der Waals surface area contributed by atoms with E-state index in [1.54, 1.807) is 6.92 Å². The molecule has 1 rings (SSSR count). The van der Waals surface area contributed by atoms with E-state index >= 15 is 0 Å². The van der Waals surface area contributed by atoms with Crippen molar-refractivity contribution in [3.63, 3.8) is 0 Å². The molecule has 5 heteroatoms. The molecule has 14 heavy (non-hydrogen) atoms. The average Bonchev–Trinajstić information content (AvgIpc) is 2.96. The van der Waals surface area contributed by atoms with Gasteiger partial charge in [0.15, 0.2) is 0 Å². The summed E-state index contributed by atoms with van der Waals surface area (Å²) in [6.07, 6.45) is -4.66. The molecule has 0 aromatic heterocycles. The molecule has 6 unspecified atom stereocenters. The highest BCUT2D eigenvalue weighted by atomic mass is 16.4. The van der Waals surface area contributed by atoms with Crippen LogP contribution in [0.25, 0.3) is 0 Å². The Labute approximate surface area is 83.4 Å². The summed E-state index contributed by atoms with van der Waals surface area (Å²) >= 11 is 0. The Bertz CT molecular complexity index is 172. The largest absolute Gasteiger partial charge is 0.391 e. The minimum absolute atomic E-state index is 0.126. The normalized spacial score (nSPS) is 31.7. The minimum atomic E-state index is -1.30. The highest BCUT2D eigenvalue weighted by Gasteiger charge is 2.38. The number of rotatable bonds is 5. The van der Waals surface area contributed by atoms with Crippen molar-refractivity contribution >= 4 is 0 Å². The van der Waals surface area contributed by atoms with Crippen molar-refractivity contribution in [1.82, 2.24) is 5.32 Å². The van der Waals surface area contributed by atoms with Crippen LogP contribution in [0, 0.1) is 5.92 Å². The predicted molar refractivity (Wildman–Crippen MR) is 50.7 cm³/mol. The Kier molecular flexibility index (Phi) is 3.86. The maximum absolute atomic E-state index is 9.65. The first-order chi connectivity index (χ1) is 6.45. The topological polar surface area (TPSA) is 103 Å². The zero-order chi connectivity index (χ0) is 10.9. The highest BCUT2D eigenvalue weighted by molar-refractivity contribution is 4.94. The first kappa shape index (κ1) is 11.9. The summed E-state index contributed by atoms with van der Waals surface area (Å²) in [4.78, 5) is 0. The third-order valence-corrected chi connectivity index (χ3v) is 2.81. The number of hydrogen-bond donors (Lipinski definition) is 5. The lowest BCUT2D eigenvalue weighted by atomic mass is 9.92. The molecule has 84 valence electrons. The van der Waals surface area contributed by atoms with Gasteiger partial charge < -0.3 is 25.7 Å². The van der Waals surface area contributed by atoms with Crippen LogP contribution >= 0.6 is 0 Å². The van der Waals surface area contributed by atoms with E-state index in [0.717, 1.165) is 6.54 Å². The molecule has 0 aromatic rings. The van der Waals surface area contributed by atoms with E-state index in [2.05, 4.69) is 5.32 Å². The minimum Gasteiger partial charge on any atom is -0.391 e. The molecule has 1 aliphatic rings. The van der Waals surface area contributed by atoms with Gasteiger partial charge in [0.25, 0.3) is 0 Å². The lowest BCUT2D eigenvalue weighted by Gasteiger charge is -2.28. The van der Waals surface area contributed by atoms with Crippen LogP contribution in [0.15, 0.2) is 0 Å². The van der Waals surface area contributed by atoms with Gasteiger partial charge in [-0.15, -0.1) is 0 Å². The molecule has 0 amide bonds. The lowest BCUT2D eigenvalue weighted by molar-refractivity contribution is -0.113. The Morgan fingerprint density at radius 2 is 1.50 bits per heavy atom. The van der Waals surface area contributed by atoms with Gasteiger partial charge in [0.2, 0.25) is 0 Å². The van der Waals surface area contributed by atoms with Crippen molar-refractivity contribution in [2.45, 2.75) is 44.3 Å². The van der Waals surface area contributed by atoms with E-state index in [0.29, 0.717) is 0 Å². The maximum Gasteiger partial charge on any atom is 0.109 e. The fourth-order valence-corrected chi connectivity index (χ4v) is 1.48. The Morgan fingerprint density at radius 1 is 1.00 bits per heavy atom. The Morgan fingerprint density at radius 3 is 1.86 bits per heavy atom. The molecule has 5 N–H and O–H groups in total. The number of aliphatic hydroxyl groups excluding tert-OH is 4. The number of hydrogen-bond acceptors (Lipinski definition) is 5. The lowest BCUT2D eigenvalue weighted by Crippen LogP contribution is -2.47. The molecule has 0 bridgehead atoms. The van der Waals surface area contributed by atoms with Crippen LogP contribution in [0.3, 0.4) is 0 Å². The fraction of sp³-hybridized carbons (Fsp3) is 1.00. The van der Waals surface area contributed by atoms with Gasteiger partial charge in [0.1, 0.15) is 12.2 Å². The summed E-state index contributed by atoms with van der Waals surface area (Å²) in [5.41, 5.74) is 0. The van der Waals surface area contributed by atoms with Crippen LogP contribution in [-0.2, 0) is 0 Å². The van der Waals surface area contributed by atoms with Crippen LogP contribution in [0.1, 0.15) is 13.8 Å². The SMILES string of the molecule is CC(O)C(O)C(O)C(O)C(C)C1CN1. The summed E-state index contributed by atoms with van der Waals surface area (Å²) in [7, 11) is 0. The predicted octanol–water partition coefficient (Wildman–Crippen LogP) is -1.94. The molecule has 0 aromatic carbocycles. The molecule has 0 spiro atoms. The molecule has 5 nitrogen and oxygen atoms in total. The number of nitrogens with one attached hydrogen (secondary N) is 1. The van der Waals surface area contributed by atoms with Crippen molar-refractivity contribution in [3.05, 3.63) is 0 Å². The van der Waals surface area contributed by atoms with Crippen LogP contribution < -0.4 is 5.32 Å². The summed E-state index contributed by atoms with van der Waals surface area (Å²) in [6, 6.07) is 0.209. The zero-order valence-electron chi connectivity index (χ0n) is 8.46. The molecule has 0 aliphatic carbocycles. The van der Waals surface area contributed by atoms with Crippen molar-refractivity contribution in [2.75, 3.05) is 6.54 Å². The van der Waals surface area contributed by atoms with Gasteiger partial charge in [-0.05, 0) is 6.92 Å². The smallest absolute Gasteiger partial charge is 0.109 e. The zero-order valence-corrected chi connectivity index (χ0v) is 8.46. The average molecular weight is 205 g/mol. The van der Waals surface area contributed by atoms with E-state index in [4.69, 9.17) is 5.11 Å². The van der Waals surface area contributed by atoms with Gasteiger partial charge in [-0.2, -0.15) is 0 Å². The van der Waals surface area contributed by atoms with Gasteiger partial charge in [-0.25, -0.2) is 0 Å². The van der Waals surface area contributed by atoms with E-state index in [1.807, 2.05) is 0 Å². The summed E-state index contributed by atoms with van der Waals surface area (Å²) in [5.74, 6) is -0.126. The molecule has 1 fully saturated rings. The molecular formula is C9H19NO4. The van der Waals surface area contributed by atoms with Crippen LogP contribution in [-0.4, -0.2) is 57.4 Å². The second-order valence-electron chi connectivity index (χ2n) is 4.09. The van der Waals surface area contributed by atoms with E-state index in [1.165, 1.54) is 6.92 Å². The third-order valence-electron chi connectivity index (χ3n) is 2.81. The maximum atomic E-state index is 9.65. The summed E-state index contributed by atoms with van der Waals surface area (Å²) in [5, 5.41) is 40.6. The molecule has 0 saturated carbocycles. The van der Waals surface area contributed by atoms with Crippen molar-refractivity contribution in [1.29, 1.82) is 0 Å². The number of aliphatic hydroxyl groups is 4. The van der Waals surface area contributed by atoms with Gasteiger partial charge in [-0.3, -0.25) is 0 Å². The first-order valence-electron chi connectivity index (χ1n) is 4.90. The molecule has 0 radical (unpaired) electrons. The van der Waals surface area contributed by atoms with Gasteiger partial charge in [0, 0.05) is 18.5 Å². The molecule has 6 atom stereocenters. The van der Waals surface area contributed by atoms with Gasteiger partial charge in [0.05, 0.1) is 12.2 Å². The molecule has 1 saturated heterocycles. The van der Waals surface area contributed by atoms with Gasteiger partial charge in [-0.1, -0.05) is 6.92 Å². The fourth-order valence-electron chi connectivity index (χ4n) is 1.48. The third kappa shape index (κ3) is 2.65. The summed E-state index contributed by atoms with van der Waals surface area (Å²) in [6.45, 7) is 4.00. The first-order valence-corrected chi connectivity index (χ1v) is 4.90. The van der Waals surface area contributed by atoms with Crippen molar-refractivity contribution in [3.8, 4) is 0 Å². The monoisotopic (exact) mass is 205 g/mol. The van der Waals surface area contributed by atoms with Crippen LogP contribution in [0.5, 0.6) is 0 Å². The van der Waals surface area contributed by atoms with E-state index in [-0.39, 0.29) is 12.0 Å². The second kappa shape index (κ2) is 4.55. The summed E-state index contributed by atoms with van der Waals surface area (Å²) < 4.78 is 0. The van der Waals surface area contributed by atoms with E-state index in [9.17, 15) is 15.3 Å². The van der Waals surface area contributed by atoms with Crippen molar-refractivity contribution < 1.29 is 20.4 Å². The van der Waals surface area contributed by atoms with Crippen LogP contribution in [0.2, 0.25) is 0 Å². The quantitative estimate of drug-likeness (QED) is 0.336. The molecule has 1 aliphatic heterocycles. The molecular weight excluding hydrogens is 186 g/mol. The van der Waals surface area contributed by atoms with Crippen LogP contribution in [0.4, 0.5) is 0 Å². The van der Waals surface area contributed by atoms with Gasteiger partial charge >= 0.3 is 0 Å².